The van der Waals surface area contributed by atoms with E-state index in [9.17, 15) is 4.79 Å². The summed E-state index contributed by atoms with van der Waals surface area (Å²) in [6.07, 6.45) is 3.33. The third-order valence-electron chi connectivity index (χ3n) is 3.31. The van der Waals surface area contributed by atoms with E-state index in [0.29, 0.717) is 24.3 Å². The number of nitrogens with zero attached hydrogens (tertiary/aromatic N) is 2. The molecule has 0 aliphatic carbocycles. The average molecular weight is 280 g/mol. The van der Waals surface area contributed by atoms with Crippen LogP contribution in [0.1, 0.15) is 10.4 Å². The Labute approximate surface area is 122 Å². The van der Waals surface area contributed by atoms with Crippen molar-refractivity contribution in [1.82, 2.24) is 15.1 Å². The second-order valence-corrected chi connectivity index (χ2v) is 4.82. The van der Waals surface area contributed by atoms with Crippen LogP contribution < -0.4 is 11.1 Å². The number of carbonyl (C=O) groups excluding carboxylic acids is 1. The summed E-state index contributed by atoms with van der Waals surface area (Å²) in [7, 11) is 0. The number of hydrogen-bond acceptors (Lipinski definition) is 3. The normalized spacial score (nSPS) is 10.7. The van der Waals surface area contributed by atoms with Gasteiger partial charge < -0.3 is 11.1 Å². The number of carbonyl (C=O) groups is 1. The standard InChI is InChI=1S/C16H16N4O/c17-13-10-19-20(11-13)9-8-18-16(21)15-7-3-5-12-4-1-2-6-14(12)15/h1-7,10-11H,8-9,17H2,(H,18,21). The number of nitrogens with one attached hydrogen (secondary N) is 1. The summed E-state index contributed by atoms with van der Waals surface area (Å²) in [5.74, 6) is -0.0769. The lowest BCUT2D eigenvalue weighted by atomic mass is 10.0. The molecule has 0 fully saturated rings. The first kappa shape index (κ1) is 13.2. The summed E-state index contributed by atoms with van der Waals surface area (Å²) >= 11 is 0. The minimum atomic E-state index is -0.0769. The lowest BCUT2D eigenvalue weighted by Crippen LogP contribution is -2.27. The van der Waals surface area contributed by atoms with Crippen molar-refractivity contribution in [3.8, 4) is 0 Å². The fraction of sp³-hybridized carbons (Fsp3) is 0.125. The van der Waals surface area contributed by atoms with Crippen LogP contribution in [0, 0.1) is 0 Å². The quantitative estimate of drug-likeness (QED) is 0.768. The van der Waals surface area contributed by atoms with Gasteiger partial charge in [-0.3, -0.25) is 9.48 Å². The van der Waals surface area contributed by atoms with Crippen LogP contribution in [-0.2, 0) is 6.54 Å². The molecule has 0 aliphatic heterocycles. The van der Waals surface area contributed by atoms with E-state index in [1.807, 2.05) is 42.5 Å². The molecule has 106 valence electrons. The van der Waals surface area contributed by atoms with Crippen LogP contribution in [0.15, 0.2) is 54.9 Å². The molecule has 1 heterocycles. The number of anilines is 1. The monoisotopic (exact) mass is 280 g/mol. The second kappa shape index (κ2) is 5.66. The van der Waals surface area contributed by atoms with Gasteiger partial charge in [0.15, 0.2) is 0 Å². The van der Waals surface area contributed by atoms with Gasteiger partial charge in [0, 0.05) is 18.3 Å². The molecule has 0 bridgehead atoms. The summed E-state index contributed by atoms with van der Waals surface area (Å²) in [6.45, 7) is 1.09. The number of amides is 1. The Morgan fingerprint density at radius 2 is 2.00 bits per heavy atom. The molecule has 3 N–H and O–H groups in total. The SMILES string of the molecule is Nc1cnn(CCNC(=O)c2cccc3ccccc23)c1. The van der Waals surface area contributed by atoms with E-state index in [1.54, 1.807) is 17.1 Å². The smallest absolute Gasteiger partial charge is 0.251 e. The molecule has 0 saturated heterocycles. The molecule has 3 rings (SSSR count). The second-order valence-electron chi connectivity index (χ2n) is 4.82. The maximum atomic E-state index is 12.3. The van der Waals surface area contributed by atoms with Gasteiger partial charge in [-0.25, -0.2) is 0 Å². The van der Waals surface area contributed by atoms with Crippen molar-refractivity contribution in [3.05, 3.63) is 60.4 Å². The summed E-state index contributed by atoms with van der Waals surface area (Å²) in [4.78, 5) is 12.3. The van der Waals surface area contributed by atoms with Crippen LogP contribution in [0.5, 0.6) is 0 Å². The van der Waals surface area contributed by atoms with Gasteiger partial charge in [0.1, 0.15) is 0 Å². The van der Waals surface area contributed by atoms with Crippen molar-refractivity contribution in [3.63, 3.8) is 0 Å². The van der Waals surface area contributed by atoms with Crippen LogP contribution in [0.3, 0.4) is 0 Å². The van der Waals surface area contributed by atoms with Crippen LogP contribution in [0.4, 0.5) is 5.69 Å². The van der Waals surface area contributed by atoms with Gasteiger partial charge in [0.2, 0.25) is 0 Å². The van der Waals surface area contributed by atoms with Crippen LogP contribution in [0.2, 0.25) is 0 Å². The summed E-state index contributed by atoms with van der Waals surface area (Å²) in [5.41, 5.74) is 6.90. The molecule has 0 saturated carbocycles. The first-order chi connectivity index (χ1) is 10.2. The number of rotatable bonds is 4. The number of hydrogen-bond donors (Lipinski definition) is 2. The highest BCUT2D eigenvalue weighted by molar-refractivity contribution is 6.06. The van der Waals surface area contributed by atoms with E-state index in [2.05, 4.69) is 10.4 Å². The van der Waals surface area contributed by atoms with Crippen LogP contribution >= 0.6 is 0 Å². The van der Waals surface area contributed by atoms with Gasteiger partial charge >= 0.3 is 0 Å². The Morgan fingerprint density at radius 1 is 1.19 bits per heavy atom. The molecule has 21 heavy (non-hydrogen) atoms. The number of fused-ring (bicyclic) bond motifs is 1. The lowest BCUT2D eigenvalue weighted by Gasteiger charge is -2.08. The largest absolute Gasteiger partial charge is 0.396 e. The number of benzene rings is 2. The first-order valence-electron chi connectivity index (χ1n) is 6.78. The summed E-state index contributed by atoms with van der Waals surface area (Å²) in [5, 5.41) is 9.00. The van der Waals surface area contributed by atoms with Crippen molar-refractivity contribution < 1.29 is 4.79 Å². The average Bonchev–Trinajstić information content (AvgIpc) is 2.92. The van der Waals surface area contributed by atoms with E-state index >= 15 is 0 Å². The molecule has 0 radical (unpaired) electrons. The molecule has 1 aromatic heterocycles. The van der Waals surface area contributed by atoms with E-state index in [-0.39, 0.29) is 5.91 Å². The van der Waals surface area contributed by atoms with Gasteiger partial charge in [-0.05, 0) is 16.8 Å². The molecule has 2 aromatic carbocycles. The Bertz CT molecular complexity index is 773. The third-order valence-corrected chi connectivity index (χ3v) is 3.31. The zero-order valence-corrected chi connectivity index (χ0v) is 11.5. The lowest BCUT2D eigenvalue weighted by molar-refractivity contribution is 0.0953. The van der Waals surface area contributed by atoms with Crippen molar-refractivity contribution in [2.75, 3.05) is 12.3 Å². The maximum Gasteiger partial charge on any atom is 0.251 e. The number of aromatic nitrogens is 2. The molecule has 0 aliphatic rings. The molecular weight excluding hydrogens is 264 g/mol. The first-order valence-corrected chi connectivity index (χ1v) is 6.78. The molecular formula is C16H16N4O. The number of nitrogens with two attached hydrogens (primary N) is 1. The van der Waals surface area contributed by atoms with Crippen molar-refractivity contribution in [2.24, 2.45) is 0 Å². The predicted molar refractivity (Wildman–Crippen MR) is 82.9 cm³/mol. The zero-order valence-electron chi connectivity index (χ0n) is 11.5. The molecule has 3 aromatic rings. The highest BCUT2D eigenvalue weighted by Crippen LogP contribution is 2.18. The van der Waals surface area contributed by atoms with Crippen molar-refractivity contribution in [2.45, 2.75) is 6.54 Å². The Kier molecular flexibility index (Phi) is 3.55. The van der Waals surface area contributed by atoms with E-state index in [1.165, 1.54) is 0 Å². The van der Waals surface area contributed by atoms with Crippen LogP contribution in [-0.4, -0.2) is 22.2 Å². The highest BCUT2D eigenvalue weighted by atomic mass is 16.1. The number of nitrogen functional groups attached to an aromatic ring is 1. The molecule has 5 nitrogen and oxygen atoms in total. The van der Waals surface area contributed by atoms with Gasteiger partial charge in [-0.1, -0.05) is 36.4 Å². The Balaban J connectivity index is 1.69. The van der Waals surface area contributed by atoms with Gasteiger partial charge in [0.25, 0.3) is 5.91 Å². The fourth-order valence-corrected chi connectivity index (χ4v) is 2.30. The topological polar surface area (TPSA) is 72.9 Å². The summed E-state index contributed by atoms with van der Waals surface area (Å²) < 4.78 is 1.71. The summed E-state index contributed by atoms with van der Waals surface area (Å²) in [6, 6.07) is 13.6. The molecule has 5 heteroatoms. The van der Waals surface area contributed by atoms with E-state index in [4.69, 9.17) is 5.73 Å². The molecule has 0 unspecified atom stereocenters. The Hall–Kier alpha value is -2.82. The predicted octanol–water partition coefficient (Wildman–Crippen LogP) is 2.05. The molecule has 0 spiro atoms. The van der Waals surface area contributed by atoms with E-state index in [0.717, 1.165) is 10.8 Å². The van der Waals surface area contributed by atoms with E-state index < -0.39 is 0 Å². The van der Waals surface area contributed by atoms with Crippen LogP contribution in [0.25, 0.3) is 10.8 Å². The molecule has 1 amide bonds. The fourth-order valence-electron chi connectivity index (χ4n) is 2.30. The van der Waals surface area contributed by atoms with Gasteiger partial charge in [-0.2, -0.15) is 5.10 Å². The zero-order chi connectivity index (χ0) is 14.7. The van der Waals surface area contributed by atoms with Crippen molar-refractivity contribution >= 4 is 22.4 Å². The van der Waals surface area contributed by atoms with Gasteiger partial charge in [-0.15, -0.1) is 0 Å². The van der Waals surface area contributed by atoms with Crippen molar-refractivity contribution in [1.29, 1.82) is 0 Å². The highest BCUT2D eigenvalue weighted by Gasteiger charge is 2.08. The molecule has 0 atom stereocenters. The third kappa shape index (κ3) is 2.86. The minimum Gasteiger partial charge on any atom is -0.396 e. The maximum absolute atomic E-state index is 12.3. The minimum absolute atomic E-state index is 0.0769. The Morgan fingerprint density at radius 3 is 2.81 bits per heavy atom. The van der Waals surface area contributed by atoms with Gasteiger partial charge in [0.05, 0.1) is 18.4 Å².